The molecule has 1 aliphatic rings. The lowest BCUT2D eigenvalue weighted by Crippen LogP contribution is -2.26. The fraction of sp³-hybridized carbons (Fsp3) is 0.727. The van der Waals surface area contributed by atoms with Crippen LogP contribution in [-0.4, -0.2) is 35.7 Å². The Bertz CT molecular complexity index is 353. The first-order valence-electron chi connectivity index (χ1n) is 5.22. The maximum atomic E-state index is 11.7. The van der Waals surface area contributed by atoms with Gasteiger partial charge in [-0.3, -0.25) is 14.4 Å². The Morgan fingerprint density at radius 1 is 1.00 bits per heavy atom. The average Bonchev–Trinajstić information content (AvgIpc) is 2.88. The summed E-state index contributed by atoms with van der Waals surface area (Å²) in [4.78, 5) is 33.8. The number of carboxylic acid groups (broad SMARTS) is 1. The lowest BCUT2D eigenvalue weighted by molar-refractivity contribution is -0.159. The fourth-order valence-electron chi connectivity index (χ4n) is 1.71. The van der Waals surface area contributed by atoms with Crippen LogP contribution in [0.2, 0.25) is 0 Å². The van der Waals surface area contributed by atoms with E-state index in [1.165, 1.54) is 0 Å². The van der Waals surface area contributed by atoms with Crippen LogP contribution in [0.1, 0.15) is 20.8 Å². The predicted octanol–water partition coefficient (Wildman–Crippen LogP) is 0.448. The van der Waals surface area contributed by atoms with Gasteiger partial charge < -0.3 is 14.6 Å². The number of hydrogen-bond donors (Lipinski definition) is 1. The molecule has 0 aromatic carbocycles. The summed E-state index contributed by atoms with van der Waals surface area (Å²) < 4.78 is 9.51. The number of ether oxygens (including phenoxy) is 2. The molecule has 1 aliphatic carbocycles. The van der Waals surface area contributed by atoms with Gasteiger partial charge in [-0.1, -0.05) is 0 Å². The Kier molecular flexibility index (Phi) is 3.45. The molecule has 1 rings (SSSR count). The van der Waals surface area contributed by atoms with E-state index >= 15 is 0 Å². The Balaban J connectivity index is 2.74. The highest BCUT2D eigenvalue weighted by Gasteiger charge is 2.65. The molecule has 96 valence electrons. The Morgan fingerprint density at radius 2 is 1.47 bits per heavy atom. The maximum Gasteiger partial charge on any atom is 0.311 e. The number of carboxylic acids is 1. The Morgan fingerprint density at radius 3 is 1.82 bits per heavy atom. The zero-order valence-electron chi connectivity index (χ0n) is 10.2. The second kappa shape index (κ2) is 4.35. The van der Waals surface area contributed by atoms with Crippen LogP contribution in [0, 0.1) is 17.8 Å². The third kappa shape index (κ3) is 2.95. The number of esters is 2. The minimum absolute atomic E-state index is 0.666. The van der Waals surface area contributed by atoms with E-state index < -0.39 is 41.3 Å². The molecule has 0 aliphatic heterocycles. The van der Waals surface area contributed by atoms with E-state index in [9.17, 15) is 14.4 Å². The topological polar surface area (TPSA) is 89.9 Å². The molecule has 0 saturated heterocycles. The first-order chi connectivity index (χ1) is 7.69. The van der Waals surface area contributed by atoms with E-state index in [0.717, 1.165) is 7.11 Å². The van der Waals surface area contributed by atoms with Crippen LogP contribution in [0.3, 0.4) is 0 Å². The molecule has 0 amide bonds. The summed E-state index contributed by atoms with van der Waals surface area (Å²) in [5, 5.41) is 8.87. The summed E-state index contributed by atoms with van der Waals surface area (Å²) in [5.41, 5.74) is -0.705. The molecule has 3 atom stereocenters. The molecule has 0 aromatic heterocycles. The quantitative estimate of drug-likeness (QED) is 0.725. The smallest absolute Gasteiger partial charge is 0.311 e. The number of hydrogen-bond acceptors (Lipinski definition) is 5. The molecule has 1 saturated carbocycles. The molecule has 1 fully saturated rings. The number of methoxy groups -OCH3 is 1. The first kappa shape index (κ1) is 13.5. The van der Waals surface area contributed by atoms with Gasteiger partial charge in [-0.2, -0.15) is 0 Å². The lowest BCUT2D eigenvalue weighted by atomic mass is 10.2. The van der Waals surface area contributed by atoms with Crippen molar-refractivity contribution in [1.82, 2.24) is 0 Å². The highest BCUT2D eigenvalue weighted by atomic mass is 16.6. The fourth-order valence-corrected chi connectivity index (χ4v) is 1.71. The van der Waals surface area contributed by atoms with E-state index in [1.54, 1.807) is 20.8 Å². The van der Waals surface area contributed by atoms with Crippen molar-refractivity contribution >= 4 is 17.9 Å². The normalized spacial score (nSPS) is 27.2. The third-order valence-corrected chi connectivity index (χ3v) is 2.46. The summed E-state index contributed by atoms with van der Waals surface area (Å²) in [6, 6.07) is 0. The molecule has 0 bridgehead atoms. The minimum Gasteiger partial charge on any atom is -0.481 e. The average molecular weight is 244 g/mol. The van der Waals surface area contributed by atoms with Crippen LogP contribution >= 0.6 is 0 Å². The summed E-state index contributed by atoms with van der Waals surface area (Å²) in [7, 11) is 1.16. The van der Waals surface area contributed by atoms with Gasteiger partial charge in [0.15, 0.2) is 0 Å². The Hall–Kier alpha value is -1.59. The molecule has 0 spiro atoms. The SMILES string of the molecule is COC(=O)C1C(C(=O)O)C1C(=O)OC(C)(C)C. The number of carbonyl (C=O) groups excluding carboxylic acids is 2. The molecule has 17 heavy (non-hydrogen) atoms. The van der Waals surface area contributed by atoms with Gasteiger partial charge >= 0.3 is 17.9 Å². The highest BCUT2D eigenvalue weighted by Crippen LogP contribution is 2.48. The number of rotatable bonds is 3. The summed E-state index contributed by atoms with van der Waals surface area (Å²) >= 11 is 0. The van der Waals surface area contributed by atoms with Crippen molar-refractivity contribution in [1.29, 1.82) is 0 Å². The van der Waals surface area contributed by atoms with Gasteiger partial charge in [-0.05, 0) is 20.8 Å². The largest absolute Gasteiger partial charge is 0.481 e. The van der Waals surface area contributed by atoms with Gasteiger partial charge in [0.1, 0.15) is 5.60 Å². The van der Waals surface area contributed by atoms with Crippen LogP contribution in [-0.2, 0) is 23.9 Å². The van der Waals surface area contributed by atoms with E-state index in [2.05, 4.69) is 4.74 Å². The zero-order chi connectivity index (χ0) is 13.4. The lowest BCUT2D eigenvalue weighted by Gasteiger charge is -2.19. The summed E-state index contributed by atoms with van der Waals surface area (Å²) in [6.07, 6.45) is 0. The first-order valence-corrected chi connectivity index (χ1v) is 5.22. The van der Waals surface area contributed by atoms with E-state index in [-0.39, 0.29) is 0 Å². The van der Waals surface area contributed by atoms with Crippen molar-refractivity contribution in [2.75, 3.05) is 7.11 Å². The molecule has 0 radical (unpaired) electrons. The van der Waals surface area contributed by atoms with Crippen molar-refractivity contribution in [3.05, 3.63) is 0 Å². The standard InChI is InChI=1S/C11H16O6/c1-11(2,3)17-10(15)7-5(8(12)13)6(7)9(14)16-4/h5-7H,1-4H3,(H,12,13). The number of aliphatic carboxylic acids is 1. The minimum atomic E-state index is -1.18. The van der Waals surface area contributed by atoms with Crippen LogP contribution < -0.4 is 0 Å². The highest BCUT2D eigenvalue weighted by molar-refractivity contribution is 5.97. The van der Waals surface area contributed by atoms with Gasteiger partial charge in [0.2, 0.25) is 0 Å². The van der Waals surface area contributed by atoms with Crippen molar-refractivity contribution < 1.29 is 29.0 Å². The van der Waals surface area contributed by atoms with Crippen molar-refractivity contribution in [3.63, 3.8) is 0 Å². The van der Waals surface area contributed by atoms with Crippen molar-refractivity contribution in [3.8, 4) is 0 Å². The van der Waals surface area contributed by atoms with Crippen LogP contribution in [0.5, 0.6) is 0 Å². The molecule has 6 nitrogen and oxygen atoms in total. The summed E-state index contributed by atoms with van der Waals surface area (Å²) in [5.74, 6) is -5.42. The molecule has 6 heteroatoms. The Labute approximate surface area is 98.9 Å². The van der Waals surface area contributed by atoms with Gasteiger partial charge in [0.25, 0.3) is 0 Å². The third-order valence-electron chi connectivity index (χ3n) is 2.46. The van der Waals surface area contributed by atoms with Gasteiger partial charge in [0, 0.05) is 0 Å². The van der Waals surface area contributed by atoms with Gasteiger partial charge in [-0.15, -0.1) is 0 Å². The zero-order valence-corrected chi connectivity index (χ0v) is 10.2. The van der Waals surface area contributed by atoms with E-state index in [0.29, 0.717) is 0 Å². The molecule has 0 heterocycles. The van der Waals surface area contributed by atoms with Gasteiger partial charge in [0.05, 0.1) is 24.9 Å². The summed E-state index contributed by atoms with van der Waals surface area (Å²) in [6.45, 7) is 5.03. The number of carbonyl (C=O) groups is 3. The van der Waals surface area contributed by atoms with E-state index in [1.807, 2.05) is 0 Å². The van der Waals surface area contributed by atoms with Crippen LogP contribution in [0.15, 0.2) is 0 Å². The molecular formula is C11H16O6. The molecular weight excluding hydrogens is 228 g/mol. The van der Waals surface area contributed by atoms with Crippen molar-refractivity contribution in [2.45, 2.75) is 26.4 Å². The van der Waals surface area contributed by atoms with Crippen molar-refractivity contribution in [2.24, 2.45) is 17.8 Å². The second-order valence-electron chi connectivity index (χ2n) is 4.97. The monoisotopic (exact) mass is 244 g/mol. The van der Waals surface area contributed by atoms with E-state index in [4.69, 9.17) is 9.84 Å². The maximum absolute atomic E-state index is 11.7. The van der Waals surface area contributed by atoms with Gasteiger partial charge in [-0.25, -0.2) is 0 Å². The molecule has 3 unspecified atom stereocenters. The molecule has 0 aromatic rings. The van der Waals surface area contributed by atoms with Crippen LogP contribution in [0.25, 0.3) is 0 Å². The van der Waals surface area contributed by atoms with Crippen LogP contribution in [0.4, 0.5) is 0 Å². The second-order valence-corrected chi connectivity index (χ2v) is 4.97. The molecule has 1 N–H and O–H groups in total. The predicted molar refractivity (Wildman–Crippen MR) is 56.0 cm³/mol.